The second-order valence-electron chi connectivity index (χ2n) is 6.32. The van der Waals surface area contributed by atoms with Crippen LogP contribution in [0.3, 0.4) is 0 Å². The number of carbonyl (C=O) groups is 1. The van der Waals surface area contributed by atoms with E-state index < -0.39 is 0 Å². The zero-order valence-electron chi connectivity index (χ0n) is 14.8. The summed E-state index contributed by atoms with van der Waals surface area (Å²) in [5.74, 6) is 1.49. The zero-order valence-corrected chi connectivity index (χ0v) is 16.4. The van der Waals surface area contributed by atoms with Gasteiger partial charge >= 0.3 is 0 Å². The highest BCUT2D eigenvalue weighted by Gasteiger charge is 2.23. The summed E-state index contributed by atoms with van der Waals surface area (Å²) in [7, 11) is 0. The molecule has 3 aromatic rings. The van der Waals surface area contributed by atoms with Gasteiger partial charge in [0.15, 0.2) is 11.6 Å². The Morgan fingerprint density at radius 2 is 1.78 bits per heavy atom. The van der Waals surface area contributed by atoms with E-state index in [1.807, 2.05) is 36.2 Å². The number of nitrogens with zero attached hydrogens (tertiary/aromatic N) is 7. The van der Waals surface area contributed by atoms with Gasteiger partial charge in [-0.3, -0.25) is 9.78 Å². The molecule has 0 N–H and O–H groups in total. The minimum absolute atomic E-state index is 0.000987. The van der Waals surface area contributed by atoms with Crippen LogP contribution in [0.2, 0.25) is 0 Å². The van der Waals surface area contributed by atoms with Crippen LogP contribution in [0.4, 0.5) is 5.82 Å². The van der Waals surface area contributed by atoms with E-state index in [2.05, 4.69) is 41.1 Å². The van der Waals surface area contributed by atoms with Gasteiger partial charge in [-0.25, -0.2) is 4.68 Å². The minimum Gasteiger partial charge on any atom is -0.352 e. The molecular formula is C18H18BrN7O. The number of carbonyl (C=O) groups excluding carboxylic acids is 1. The highest BCUT2D eigenvalue weighted by Crippen LogP contribution is 2.17. The van der Waals surface area contributed by atoms with Crippen LogP contribution in [-0.4, -0.2) is 61.9 Å². The molecule has 0 spiro atoms. The van der Waals surface area contributed by atoms with Crippen LogP contribution in [0, 0.1) is 6.92 Å². The van der Waals surface area contributed by atoms with Crippen molar-refractivity contribution in [2.75, 3.05) is 31.1 Å². The summed E-state index contributed by atoms with van der Waals surface area (Å²) < 4.78 is 2.50. The third-order valence-electron chi connectivity index (χ3n) is 4.44. The van der Waals surface area contributed by atoms with Gasteiger partial charge in [-0.1, -0.05) is 0 Å². The first-order valence-corrected chi connectivity index (χ1v) is 9.40. The van der Waals surface area contributed by atoms with Gasteiger partial charge in [0.25, 0.3) is 5.91 Å². The van der Waals surface area contributed by atoms with Gasteiger partial charge in [0.2, 0.25) is 0 Å². The van der Waals surface area contributed by atoms with Gasteiger partial charge < -0.3 is 9.80 Å². The first kappa shape index (κ1) is 17.6. The lowest BCUT2D eigenvalue weighted by Gasteiger charge is -2.35. The highest BCUT2D eigenvalue weighted by molar-refractivity contribution is 9.10. The molecule has 1 amide bonds. The van der Waals surface area contributed by atoms with E-state index in [1.54, 1.807) is 23.1 Å². The SMILES string of the molecule is Cc1ccn(-c2ccc(N3CCN(C(=O)c4cncc(Br)c4)CC3)nn2)n1. The number of piperazine rings is 1. The second-order valence-corrected chi connectivity index (χ2v) is 7.24. The fourth-order valence-corrected chi connectivity index (χ4v) is 3.37. The van der Waals surface area contributed by atoms with Crippen molar-refractivity contribution >= 4 is 27.7 Å². The number of aromatic nitrogens is 5. The molecule has 1 fully saturated rings. The van der Waals surface area contributed by atoms with E-state index in [9.17, 15) is 4.79 Å². The molecule has 0 radical (unpaired) electrons. The molecule has 8 nitrogen and oxygen atoms in total. The maximum absolute atomic E-state index is 12.6. The van der Waals surface area contributed by atoms with Crippen LogP contribution in [-0.2, 0) is 0 Å². The zero-order chi connectivity index (χ0) is 18.8. The first-order valence-electron chi connectivity index (χ1n) is 8.61. The molecule has 4 rings (SSSR count). The molecule has 0 saturated carbocycles. The normalized spacial score (nSPS) is 14.4. The van der Waals surface area contributed by atoms with E-state index >= 15 is 0 Å². The van der Waals surface area contributed by atoms with Crippen molar-refractivity contribution in [3.63, 3.8) is 0 Å². The Morgan fingerprint density at radius 3 is 2.41 bits per heavy atom. The van der Waals surface area contributed by atoms with Gasteiger partial charge in [0, 0.05) is 49.2 Å². The van der Waals surface area contributed by atoms with Crippen LogP contribution in [0.5, 0.6) is 0 Å². The smallest absolute Gasteiger partial charge is 0.255 e. The molecule has 1 saturated heterocycles. The standard InChI is InChI=1S/C18H18BrN7O/c1-13-4-5-26(23-13)17-3-2-16(21-22-17)24-6-8-25(9-7-24)18(27)14-10-15(19)12-20-11-14/h2-5,10-12H,6-9H2,1H3. The van der Waals surface area contributed by atoms with Gasteiger partial charge in [0.05, 0.1) is 11.3 Å². The summed E-state index contributed by atoms with van der Waals surface area (Å²) in [5.41, 5.74) is 1.53. The van der Waals surface area contributed by atoms with E-state index in [-0.39, 0.29) is 5.91 Å². The number of rotatable bonds is 3. The highest BCUT2D eigenvalue weighted by atomic mass is 79.9. The predicted octanol–water partition coefficient (Wildman–Crippen LogP) is 2.09. The van der Waals surface area contributed by atoms with Gasteiger partial charge in [-0.05, 0) is 47.1 Å². The lowest BCUT2D eigenvalue weighted by molar-refractivity contribution is 0.0746. The topological polar surface area (TPSA) is 80.0 Å². The Hall–Kier alpha value is -2.81. The van der Waals surface area contributed by atoms with Crippen LogP contribution < -0.4 is 4.90 Å². The number of anilines is 1. The number of amides is 1. The number of hydrogen-bond acceptors (Lipinski definition) is 6. The molecule has 138 valence electrons. The lowest BCUT2D eigenvalue weighted by atomic mass is 10.2. The molecule has 0 atom stereocenters. The van der Waals surface area contributed by atoms with Gasteiger partial charge in [-0.2, -0.15) is 5.10 Å². The van der Waals surface area contributed by atoms with Crippen molar-refractivity contribution in [2.24, 2.45) is 0 Å². The Morgan fingerprint density at radius 1 is 1.04 bits per heavy atom. The molecule has 9 heteroatoms. The van der Waals surface area contributed by atoms with Crippen LogP contribution in [0.15, 0.2) is 47.3 Å². The summed E-state index contributed by atoms with van der Waals surface area (Å²) in [5, 5.41) is 12.9. The predicted molar refractivity (Wildman–Crippen MR) is 104 cm³/mol. The second kappa shape index (κ2) is 7.43. The molecule has 0 unspecified atom stereocenters. The molecule has 3 aromatic heterocycles. The monoisotopic (exact) mass is 427 g/mol. The molecule has 0 aromatic carbocycles. The maximum Gasteiger partial charge on any atom is 0.255 e. The number of pyridine rings is 1. The van der Waals surface area contributed by atoms with Crippen molar-refractivity contribution in [3.05, 3.63) is 58.6 Å². The quantitative estimate of drug-likeness (QED) is 0.636. The van der Waals surface area contributed by atoms with Crippen LogP contribution in [0.25, 0.3) is 5.82 Å². The van der Waals surface area contributed by atoms with Crippen molar-refractivity contribution in [3.8, 4) is 5.82 Å². The average Bonchev–Trinajstić information content (AvgIpc) is 3.14. The van der Waals surface area contributed by atoms with E-state index in [4.69, 9.17) is 0 Å². The Labute approximate surface area is 165 Å². The summed E-state index contributed by atoms with van der Waals surface area (Å²) in [6.07, 6.45) is 5.13. The summed E-state index contributed by atoms with van der Waals surface area (Å²) in [6.45, 7) is 4.62. The summed E-state index contributed by atoms with van der Waals surface area (Å²) in [6, 6.07) is 7.56. The molecule has 27 heavy (non-hydrogen) atoms. The van der Waals surface area contributed by atoms with Crippen molar-refractivity contribution in [1.29, 1.82) is 0 Å². The summed E-state index contributed by atoms with van der Waals surface area (Å²) in [4.78, 5) is 20.6. The average molecular weight is 428 g/mol. The Bertz CT molecular complexity index is 948. The molecule has 4 heterocycles. The van der Waals surface area contributed by atoms with Crippen molar-refractivity contribution in [2.45, 2.75) is 6.92 Å². The summed E-state index contributed by atoms with van der Waals surface area (Å²) >= 11 is 3.36. The number of halogens is 1. The molecule has 1 aliphatic rings. The number of hydrogen-bond donors (Lipinski definition) is 0. The van der Waals surface area contributed by atoms with Crippen molar-refractivity contribution < 1.29 is 4.79 Å². The van der Waals surface area contributed by atoms with Crippen LogP contribution >= 0.6 is 15.9 Å². The fraction of sp³-hybridized carbons (Fsp3) is 0.278. The van der Waals surface area contributed by atoms with E-state index in [0.29, 0.717) is 37.6 Å². The first-order chi connectivity index (χ1) is 13.1. The van der Waals surface area contributed by atoms with E-state index in [1.165, 1.54) is 0 Å². The van der Waals surface area contributed by atoms with Gasteiger partial charge in [0.1, 0.15) is 0 Å². The third-order valence-corrected chi connectivity index (χ3v) is 4.87. The fourth-order valence-electron chi connectivity index (χ4n) is 3.00. The van der Waals surface area contributed by atoms with Gasteiger partial charge in [-0.15, -0.1) is 10.2 Å². The Balaban J connectivity index is 1.39. The minimum atomic E-state index is -0.000987. The van der Waals surface area contributed by atoms with E-state index in [0.717, 1.165) is 16.0 Å². The van der Waals surface area contributed by atoms with Crippen LogP contribution in [0.1, 0.15) is 16.1 Å². The molecule has 0 bridgehead atoms. The number of aryl methyl sites for hydroxylation is 1. The van der Waals surface area contributed by atoms with Crippen molar-refractivity contribution in [1.82, 2.24) is 29.9 Å². The largest absolute Gasteiger partial charge is 0.352 e. The Kier molecular flexibility index (Phi) is 4.85. The third kappa shape index (κ3) is 3.82. The molecular weight excluding hydrogens is 410 g/mol. The lowest BCUT2D eigenvalue weighted by Crippen LogP contribution is -2.49. The maximum atomic E-state index is 12.6. The molecule has 1 aliphatic heterocycles. The molecule has 0 aliphatic carbocycles.